The van der Waals surface area contributed by atoms with Gasteiger partial charge in [-0.2, -0.15) is 0 Å². The summed E-state index contributed by atoms with van der Waals surface area (Å²) in [6.07, 6.45) is 3.06. The summed E-state index contributed by atoms with van der Waals surface area (Å²) >= 11 is 0. The number of fused-ring (bicyclic) bond motifs is 2. The molecule has 198 valence electrons. The van der Waals surface area contributed by atoms with Crippen molar-refractivity contribution in [2.45, 2.75) is 19.4 Å². The second kappa shape index (κ2) is 10.7. The average Bonchev–Trinajstić information content (AvgIpc) is 3.23. The van der Waals surface area contributed by atoms with Gasteiger partial charge in [0.15, 0.2) is 0 Å². The van der Waals surface area contributed by atoms with Gasteiger partial charge in [0.2, 0.25) is 0 Å². The third-order valence-corrected chi connectivity index (χ3v) is 7.35. The average molecular weight is 517 g/mol. The number of rotatable bonds is 5. The standard InChI is InChI=1S/C29H32N4O5/c1-30-26(18-27(34)31(2)29(30)37)33-12-5-11-32(14-15-33)13-10-23-22-7-4-3-6-21(22)19-38-25-9-8-20(16-24(23)25)17-28(35)36/h3-4,6-10,16,18H,5,11-15,17,19H2,1-2H3,(H,35,36). The van der Waals surface area contributed by atoms with Crippen molar-refractivity contribution >= 4 is 17.4 Å². The number of carboxylic acid groups (broad SMARTS) is 1. The maximum atomic E-state index is 12.4. The molecule has 0 atom stereocenters. The molecule has 2 aliphatic heterocycles. The van der Waals surface area contributed by atoms with Crippen molar-refractivity contribution < 1.29 is 14.6 Å². The lowest BCUT2D eigenvalue weighted by atomic mass is 9.92. The van der Waals surface area contributed by atoms with Crippen molar-refractivity contribution in [1.82, 2.24) is 14.0 Å². The zero-order valence-corrected chi connectivity index (χ0v) is 21.7. The van der Waals surface area contributed by atoms with E-state index in [-0.39, 0.29) is 17.7 Å². The predicted molar refractivity (Wildman–Crippen MR) is 146 cm³/mol. The molecule has 0 radical (unpaired) electrons. The first-order chi connectivity index (χ1) is 18.3. The molecule has 5 rings (SSSR count). The first kappa shape index (κ1) is 25.5. The second-order valence-electron chi connectivity index (χ2n) is 9.85. The zero-order chi connectivity index (χ0) is 26.8. The predicted octanol–water partition coefficient (Wildman–Crippen LogP) is 2.25. The van der Waals surface area contributed by atoms with Crippen LogP contribution in [0.15, 0.2) is 64.2 Å². The topological polar surface area (TPSA) is 97.0 Å². The van der Waals surface area contributed by atoms with E-state index in [1.165, 1.54) is 17.7 Å². The van der Waals surface area contributed by atoms with Crippen LogP contribution in [0.3, 0.4) is 0 Å². The van der Waals surface area contributed by atoms with Gasteiger partial charge in [-0.25, -0.2) is 4.79 Å². The second-order valence-corrected chi connectivity index (χ2v) is 9.85. The fourth-order valence-corrected chi connectivity index (χ4v) is 5.26. The zero-order valence-electron chi connectivity index (χ0n) is 21.7. The third kappa shape index (κ3) is 5.15. The van der Waals surface area contributed by atoms with Gasteiger partial charge in [-0.15, -0.1) is 0 Å². The number of benzene rings is 2. The summed E-state index contributed by atoms with van der Waals surface area (Å²) in [5, 5.41) is 9.32. The number of anilines is 1. The van der Waals surface area contributed by atoms with Crippen LogP contribution in [0.25, 0.3) is 5.57 Å². The molecular formula is C29H32N4O5. The molecule has 0 aliphatic carbocycles. The van der Waals surface area contributed by atoms with Crippen molar-refractivity contribution in [3.8, 4) is 5.75 Å². The highest BCUT2D eigenvalue weighted by atomic mass is 16.5. The van der Waals surface area contributed by atoms with Crippen LogP contribution in [0.4, 0.5) is 5.82 Å². The summed E-state index contributed by atoms with van der Waals surface area (Å²) in [6.45, 7) is 4.26. The number of hydrogen-bond donors (Lipinski definition) is 1. The molecule has 0 amide bonds. The summed E-state index contributed by atoms with van der Waals surface area (Å²) in [4.78, 5) is 40.5. The fourth-order valence-electron chi connectivity index (χ4n) is 5.26. The van der Waals surface area contributed by atoms with Crippen LogP contribution >= 0.6 is 0 Å². The highest BCUT2D eigenvalue weighted by Gasteiger charge is 2.22. The number of carboxylic acids is 1. The quantitative estimate of drug-likeness (QED) is 0.556. The Morgan fingerprint density at radius 3 is 2.61 bits per heavy atom. The Morgan fingerprint density at radius 2 is 1.79 bits per heavy atom. The van der Waals surface area contributed by atoms with E-state index < -0.39 is 5.97 Å². The van der Waals surface area contributed by atoms with Crippen LogP contribution in [0, 0.1) is 0 Å². The lowest BCUT2D eigenvalue weighted by Gasteiger charge is -2.25. The molecule has 0 saturated carbocycles. The molecular weight excluding hydrogens is 484 g/mol. The lowest BCUT2D eigenvalue weighted by molar-refractivity contribution is -0.136. The van der Waals surface area contributed by atoms with Crippen LogP contribution < -0.4 is 20.9 Å². The van der Waals surface area contributed by atoms with Crippen molar-refractivity contribution in [2.24, 2.45) is 14.1 Å². The van der Waals surface area contributed by atoms with Gasteiger partial charge in [0.05, 0.1) is 6.42 Å². The molecule has 0 unspecified atom stereocenters. The normalized spacial score (nSPS) is 16.8. The minimum atomic E-state index is -0.867. The number of ether oxygens (including phenoxy) is 1. The van der Waals surface area contributed by atoms with E-state index in [9.17, 15) is 19.5 Å². The first-order valence-corrected chi connectivity index (χ1v) is 12.8. The Balaban J connectivity index is 1.42. The van der Waals surface area contributed by atoms with Gasteiger partial charge in [-0.05, 0) is 40.8 Å². The van der Waals surface area contributed by atoms with Crippen LogP contribution in [0.5, 0.6) is 5.75 Å². The summed E-state index contributed by atoms with van der Waals surface area (Å²) in [5.41, 5.74) is 4.22. The largest absolute Gasteiger partial charge is 0.488 e. The Bertz CT molecular complexity index is 1520. The summed E-state index contributed by atoms with van der Waals surface area (Å²) in [7, 11) is 3.19. The molecule has 1 N–H and O–H groups in total. The van der Waals surface area contributed by atoms with Gasteiger partial charge in [0, 0.05) is 58.4 Å². The molecule has 2 aromatic carbocycles. The van der Waals surface area contributed by atoms with Crippen molar-refractivity contribution in [3.63, 3.8) is 0 Å². The number of hydrogen-bond acceptors (Lipinski definition) is 6. The highest BCUT2D eigenvalue weighted by Crippen LogP contribution is 2.37. The summed E-state index contributed by atoms with van der Waals surface area (Å²) in [6, 6.07) is 15.3. The molecule has 1 aromatic heterocycles. The minimum Gasteiger partial charge on any atom is -0.488 e. The van der Waals surface area contributed by atoms with Crippen LogP contribution in [-0.4, -0.2) is 57.8 Å². The Morgan fingerprint density at radius 1 is 0.974 bits per heavy atom. The Hall–Kier alpha value is -4.11. The number of aliphatic carboxylic acids is 1. The van der Waals surface area contributed by atoms with E-state index in [0.29, 0.717) is 25.5 Å². The van der Waals surface area contributed by atoms with E-state index in [2.05, 4.69) is 28.0 Å². The molecule has 0 bridgehead atoms. The van der Waals surface area contributed by atoms with Crippen LogP contribution in [0.1, 0.15) is 28.7 Å². The van der Waals surface area contributed by atoms with Gasteiger partial charge in [0.25, 0.3) is 5.56 Å². The van der Waals surface area contributed by atoms with E-state index in [1.54, 1.807) is 7.05 Å². The SMILES string of the molecule is Cn1c(N2CCCN(CC=C3c4ccccc4COc4ccc(CC(=O)O)cc43)CC2)cc(=O)n(C)c1=O. The van der Waals surface area contributed by atoms with E-state index in [4.69, 9.17) is 4.74 Å². The Kier molecular flexibility index (Phi) is 7.20. The van der Waals surface area contributed by atoms with Gasteiger partial charge in [-0.3, -0.25) is 23.6 Å². The van der Waals surface area contributed by atoms with Crippen molar-refractivity contribution in [1.29, 1.82) is 0 Å². The number of aromatic nitrogens is 2. The van der Waals surface area contributed by atoms with Gasteiger partial charge in [-0.1, -0.05) is 36.4 Å². The smallest absolute Gasteiger partial charge is 0.332 e. The molecule has 9 nitrogen and oxygen atoms in total. The summed E-state index contributed by atoms with van der Waals surface area (Å²) in [5.74, 6) is 0.525. The highest BCUT2D eigenvalue weighted by molar-refractivity contribution is 5.85. The lowest BCUT2D eigenvalue weighted by Crippen LogP contribution is -2.41. The molecule has 0 spiro atoms. The van der Waals surface area contributed by atoms with Crippen molar-refractivity contribution in [3.05, 3.63) is 97.7 Å². The summed E-state index contributed by atoms with van der Waals surface area (Å²) < 4.78 is 8.77. The third-order valence-electron chi connectivity index (χ3n) is 7.35. The molecule has 3 heterocycles. The minimum absolute atomic E-state index is 0.0464. The van der Waals surface area contributed by atoms with Gasteiger partial charge in [0.1, 0.15) is 18.2 Å². The first-order valence-electron chi connectivity index (χ1n) is 12.8. The molecule has 1 fully saturated rings. The van der Waals surface area contributed by atoms with E-state index in [0.717, 1.165) is 64.2 Å². The van der Waals surface area contributed by atoms with Gasteiger partial charge < -0.3 is 14.7 Å². The molecule has 9 heteroatoms. The van der Waals surface area contributed by atoms with E-state index >= 15 is 0 Å². The monoisotopic (exact) mass is 516 g/mol. The molecule has 2 aliphatic rings. The molecule has 38 heavy (non-hydrogen) atoms. The van der Waals surface area contributed by atoms with Gasteiger partial charge >= 0.3 is 11.7 Å². The fraction of sp³-hybridized carbons (Fsp3) is 0.345. The maximum Gasteiger partial charge on any atom is 0.332 e. The van der Waals surface area contributed by atoms with E-state index in [1.807, 2.05) is 30.3 Å². The number of nitrogens with zero attached hydrogens (tertiary/aromatic N) is 4. The Labute approximate surface area is 220 Å². The van der Waals surface area contributed by atoms with Crippen molar-refractivity contribution in [2.75, 3.05) is 37.6 Å². The molecule has 3 aromatic rings. The number of carbonyl (C=O) groups is 1. The van der Waals surface area contributed by atoms with Crippen LogP contribution in [0.2, 0.25) is 0 Å². The molecule has 1 saturated heterocycles. The van der Waals surface area contributed by atoms with Crippen LogP contribution in [-0.2, 0) is 31.9 Å². The maximum absolute atomic E-state index is 12.4.